The molecule has 2 fully saturated rings. The minimum atomic E-state index is -0.401. The summed E-state index contributed by atoms with van der Waals surface area (Å²) in [6.45, 7) is 7.60. The van der Waals surface area contributed by atoms with Crippen molar-refractivity contribution in [1.82, 2.24) is 20.0 Å². The molecule has 3 rings (SSSR count). The largest absolute Gasteiger partial charge is 0.353 e. The van der Waals surface area contributed by atoms with Crippen molar-refractivity contribution in [2.75, 3.05) is 39.3 Å². The number of nitrogens with zero attached hydrogens (tertiary/aromatic N) is 3. The Bertz CT molecular complexity index is 653. The lowest BCUT2D eigenvalue weighted by molar-refractivity contribution is -0.140. The van der Waals surface area contributed by atoms with Crippen molar-refractivity contribution in [3.05, 3.63) is 22.4 Å². The summed E-state index contributed by atoms with van der Waals surface area (Å²) >= 11 is 1.44. The van der Waals surface area contributed by atoms with Gasteiger partial charge >= 0.3 is 0 Å². The highest BCUT2D eigenvalue weighted by atomic mass is 32.1. The van der Waals surface area contributed by atoms with Crippen LogP contribution in [0.2, 0.25) is 0 Å². The van der Waals surface area contributed by atoms with Crippen LogP contribution >= 0.6 is 11.3 Å². The van der Waals surface area contributed by atoms with Crippen molar-refractivity contribution in [3.8, 4) is 0 Å². The highest BCUT2D eigenvalue weighted by Gasteiger charge is 2.35. The Kier molecular flexibility index (Phi) is 5.93. The Balaban J connectivity index is 1.55. The lowest BCUT2D eigenvalue weighted by Crippen LogP contribution is -2.59. The Morgan fingerprint density at radius 2 is 1.88 bits per heavy atom. The minimum Gasteiger partial charge on any atom is -0.353 e. The van der Waals surface area contributed by atoms with Crippen molar-refractivity contribution in [1.29, 1.82) is 0 Å². The first-order valence-corrected chi connectivity index (χ1v) is 9.99. The molecule has 1 aromatic heterocycles. The van der Waals surface area contributed by atoms with Crippen LogP contribution < -0.4 is 5.32 Å². The molecule has 0 saturated carbocycles. The number of hydrogen-bond acceptors (Lipinski definition) is 5. The fourth-order valence-corrected chi connectivity index (χ4v) is 4.26. The van der Waals surface area contributed by atoms with E-state index in [0.717, 1.165) is 11.4 Å². The van der Waals surface area contributed by atoms with Crippen LogP contribution in [0, 0.1) is 0 Å². The first-order valence-electron chi connectivity index (χ1n) is 9.11. The molecular formula is C18H26N4O3S. The molecule has 0 aromatic carbocycles. The molecule has 8 heteroatoms. The van der Waals surface area contributed by atoms with E-state index in [4.69, 9.17) is 0 Å². The summed E-state index contributed by atoms with van der Waals surface area (Å²) < 4.78 is 0. The highest BCUT2D eigenvalue weighted by molar-refractivity contribution is 7.12. The number of carbonyl (C=O) groups is 3. The standard InChI is InChI=1S/C18H26N4O3S/c1-13(2)22-6-5-19-17(24)14(22)12-16(23)20-7-9-21(10-8-20)18(25)15-4-3-11-26-15/h3-4,11,13-14H,5-10,12H2,1-2H3,(H,19,24). The van der Waals surface area contributed by atoms with Crippen LogP contribution in [0.1, 0.15) is 29.9 Å². The van der Waals surface area contributed by atoms with E-state index in [9.17, 15) is 14.4 Å². The van der Waals surface area contributed by atoms with Gasteiger partial charge in [-0.05, 0) is 25.3 Å². The molecule has 0 bridgehead atoms. The molecule has 0 spiro atoms. The average molecular weight is 378 g/mol. The maximum Gasteiger partial charge on any atom is 0.264 e. The van der Waals surface area contributed by atoms with Crippen LogP contribution in [0.15, 0.2) is 17.5 Å². The summed E-state index contributed by atoms with van der Waals surface area (Å²) in [6, 6.07) is 3.52. The van der Waals surface area contributed by atoms with E-state index >= 15 is 0 Å². The van der Waals surface area contributed by atoms with Gasteiger partial charge < -0.3 is 15.1 Å². The van der Waals surface area contributed by atoms with Crippen molar-refractivity contribution in [2.24, 2.45) is 0 Å². The quantitative estimate of drug-likeness (QED) is 0.834. The third kappa shape index (κ3) is 4.07. The first-order chi connectivity index (χ1) is 12.5. The van der Waals surface area contributed by atoms with Gasteiger partial charge in [0, 0.05) is 45.3 Å². The van der Waals surface area contributed by atoms with Gasteiger partial charge in [-0.3, -0.25) is 19.3 Å². The molecule has 0 aliphatic carbocycles. The summed E-state index contributed by atoms with van der Waals surface area (Å²) in [6.07, 6.45) is 0.197. The maximum atomic E-state index is 12.7. The molecular weight excluding hydrogens is 352 g/mol. The summed E-state index contributed by atoms with van der Waals surface area (Å²) in [5.74, 6) is -0.0459. The second-order valence-corrected chi connectivity index (χ2v) is 7.94. The molecule has 1 aromatic rings. The molecule has 2 aliphatic heterocycles. The van der Waals surface area contributed by atoms with Gasteiger partial charge in [-0.1, -0.05) is 6.07 Å². The predicted molar refractivity (Wildman–Crippen MR) is 100 cm³/mol. The van der Waals surface area contributed by atoms with Gasteiger partial charge in [0.25, 0.3) is 5.91 Å². The monoisotopic (exact) mass is 378 g/mol. The zero-order valence-corrected chi connectivity index (χ0v) is 16.1. The van der Waals surface area contributed by atoms with E-state index in [1.807, 2.05) is 31.4 Å². The van der Waals surface area contributed by atoms with E-state index in [1.165, 1.54) is 11.3 Å². The number of thiophene rings is 1. The van der Waals surface area contributed by atoms with Gasteiger partial charge in [0.2, 0.25) is 11.8 Å². The van der Waals surface area contributed by atoms with E-state index in [-0.39, 0.29) is 30.2 Å². The maximum absolute atomic E-state index is 12.7. The third-order valence-electron chi connectivity index (χ3n) is 5.06. The van der Waals surface area contributed by atoms with Crippen LogP contribution in [-0.2, 0) is 9.59 Å². The van der Waals surface area contributed by atoms with Crippen LogP contribution in [0.3, 0.4) is 0 Å². The molecule has 3 heterocycles. The first kappa shape index (κ1) is 18.8. The fraction of sp³-hybridized carbons (Fsp3) is 0.611. The fourth-order valence-electron chi connectivity index (χ4n) is 3.57. The van der Waals surface area contributed by atoms with Crippen LogP contribution in [0.4, 0.5) is 0 Å². The zero-order chi connectivity index (χ0) is 18.7. The van der Waals surface area contributed by atoms with E-state index < -0.39 is 6.04 Å². The van der Waals surface area contributed by atoms with Gasteiger partial charge in [0.1, 0.15) is 0 Å². The van der Waals surface area contributed by atoms with Crippen LogP contribution in [-0.4, -0.2) is 83.8 Å². The van der Waals surface area contributed by atoms with Crippen molar-refractivity contribution in [2.45, 2.75) is 32.4 Å². The van der Waals surface area contributed by atoms with Gasteiger partial charge in [0.05, 0.1) is 17.3 Å². The SMILES string of the molecule is CC(C)N1CCNC(=O)C1CC(=O)N1CCN(C(=O)c2cccs2)CC1. The molecule has 0 radical (unpaired) electrons. The normalized spacial score (nSPS) is 21.8. The van der Waals surface area contributed by atoms with Crippen LogP contribution in [0.5, 0.6) is 0 Å². The van der Waals surface area contributed by atoms with Gasteiger partial charge in [-0.25, -0.2) is 0 Å². The van der Waals surface area contributed by atoms with Crippen LogP contribution in [0.25, 0.3) is 0 Å². The van der Waals surface area contributed by atoms with Gasteiger partial charge in [-0.2, -0.15) is 0 Å². The van der Waals surface area contributed by atoms with E-state index in [0.29, 0.717) is 32.7 Å². The number of hydrogen-bond donors (Lipinski definition) is 1. The number of amides is 3. The Morgan fingerprint density at radius 1 is 1.19 bits per heavy atom. The van der Waals surface area contributed by atoms with Crippen molar-refractivity contribution in [3.63, 3.8) is 0 Å². The van der Waals surface area contributed by atoms with Gasteiger partial charge in [0.15, 0.2) is 0 Å². The number of carbonyl (C=O) groups excluding carboxylic acids is 3. The lowest BCUT2D eigenvalue weighted by Gasteiger charge is -2.39. The Labute approximate surface area is 157 Å². The number of nitrogens with one attached hydrogen (secondary N) is 1. The van der Waals surface area contributed by atoms with Crippen molar-refractivity contribution >= 4 is 29.1 Å². The zero-order valence-electron chi connectivity index (χ0n) is 15.3. The topological polar surface area (TPSA) is 73.0 Å². The number of piperazine rings is 2. The highest BCUT2D eigenvalue weighted by Crippen LogP contribution is 2.17. The average Bonchev–Trinajstić information content (AvgIpc) is 3.17. The van der Waals surface area contributed by atoms with Gasteiger partial charge in [-0.15, -0.1) is 11.3 Å². The smallest absolute Gasteiger partial charge is 0.264 e. The Morgan fingerprint density at radius 3 is 2.50 bits per heavy atom. The minimum absolute atomic E-state index is 0.0130. The van der Waals surface area contributed by atoms with Crippen molar-refractivity contribution < 1.29 is 14.4 Å². The molecule has 142 valence electrons. The summed E-state index contributed by atoms with van der Waals surface area (Å²) in [5.41, 5.74) is 0. The third-order valence-corrected chi connectivity index (χ3v) is 5.91. The molecule has 3 amide bonds. The second kappa shape index (κ2) is 8.18. The molecule has 26 heavy (non-hydrogen) atoms. The lowest BCUT2D eigenvalue weighted by atomic mass is 10.1. The molecule has 7 nitrogen and oxygen atoms in total. The number of rotatable bonds is 4. The van der Waals surface area contributed by atoms with E-state index in [1.54, 1.807) is 9.80 Å². The molecule has 1 unspecified atom stereocenters. The summed E-state index contributed by atoms with van der Waals surface area (Å²) in [4.78, 5) is 43.7. The molecule has 2 aliphatic rings. The summed E-state index contributed by atoms with van der Waals surface area (Å²) in [7, 11) is 0. The molecule has 2 saturated heterocycles. The second-order valence-electron chi connectivity index (χ2n) is 6.99. The van der Waals surface area contributed by atoms with E-state index in [2.05, 4.69) is 10.2 Å². The summed E-state index contributed by atoms with van der Waals surface area (Å²) in [5, 5.41) is 4.75. The Hall–Kier alpha value is -1.93. The molecule has 1 N–H and O–H groups in total. The predicted octanol–water partition coefficient (Wildman–Crippen LogP) is 0.631. The molecule has 1 atom stereocenters.